The third-order valence-corrected chi connectivity index (χ3v) is 4.38. The number of para-hydroxylation sites is 1. The smallest absolute Gasteiger partial charge is 0.309 e. The number of carboxylic acids is 1. The monoisotopic (exact) mass is 295 g/mol. The van der Waals surface area contributed by atoms with Crippen LogP contribution >= 0.6 is 0 Å². The molecule has 0 spiro atoms. The van der Waals surface area contributed by atoms with E-state index in [1.807, 2.05) is 0 Å². The summed E-state index contributed by atoms with van der Waals surface area (Å²) in [5.74, 6) is -0.761. The molecule has 3 rings (SSSR count). The first-order valence-electron chi connectivity index (χ1n) is 7.67. The Morgan fingerprint density at radius 2 is 1.77 bits per heavy atom. The van der Waals surface area contributed by atoms with Crippen LogP contribution in [0.1, 0.15) is 26.3 Å². The molecule has 1 heterocycles. The number of carbonyl (C=O) groups is 1. The summed E-state index contributed by atoms with van der Waals surface area (Å²) in [5.41, 5.74) is 2.76. The van der Waals surface area contributed by atoms with Gasteiger partial charge in [-0.25, -0.2) is 0 Å². The number of aliphatic carboxylic acids is 1. The average molecular weight is 295 g/mol. The maximum atomic E-state index is 11.3. The Hall–Kier alpha value is -2.29. The predicted molar refractivity (Wildman–Crippen MR) is 90.2 cm³/mol. The average Bonchev–Trinajstić information content (AvgIpc) is 2.80. The third kappa shape index (κ3) is 2.27. The number of hydrogen-bond acceptors (Lipinski definition) is 1. The molecule has 0 amide bonds. The van der Waals surface area contributed by atoms with E-state index < -0.39 is 11.4 Å². The van der Waals surface area contributed by atoms with Crippen LogP contribution in [0.15, 0.2) is 42.5 Å². The molecule has 3 heteroatoms. The van der Waals surface area contributed by atoms with Crippen molar-refractivity contribution in [3.05, 3.63) is 48.0 Å². The number of rotatable bonds is 4. The van der Waals surface area contributed by atoms with Crippen LogP contribution in [0.5, 0.6) is 0 Å². The molecule has 0 bridgehead atoms. The second kappa shape index (κ2) is 5.16. The zero-order chi connectivity index (χ0) is 15.9. The fraction of sp³-hybridized carbons (Fsp3) is 0.316. The minimum absolute atomic E-state index is 0.532. The van der Waals surface area contributed by atoms with Gasteiger partial charge in [0, 0.05) is 28.4 Å². The van der Waals surface area contributed by atoms with Crippen molar-refractivity contribution in [1.82, 2.24) is 4.57 Å². The van der Waals surface area contributed by atoms with Crippen molar-refractivity contribution in [3.63, 3.8) is 0 Å². The van der Waals surface area contributed by atoms with Crippen LogP contribution in [0, 0.1) is 5.41 Å². The summed E-state index contributed by atoms with van der Waals surface area (Å²) in [6, 6.07) is 14.7. The molecular weight excluding hydrogens is 274 g/mol. The van der Waals surface area contributed by atoms with Crippen molar-refractivity contribution in [2.45, 2.75) is 33.7 Å². The van der Waals surface area contributed by atoms with Crippen molar-refractivity contribution < 1.29 is 9.90 Å². The summed E-state index contributed by atoms with van der Waals surface area (Å²) in [4.78, 5) is 11.3. The van der Waals surface area contributed by atoms with Crippen molar-refractivity contribution in [2.75, 3.05) is 0 Å². The van der Waals surface area contributed by atoms with E-state index in [4.69, 9.17) is 0 Å². The lowest BCUT2D eigenvalue weighted by Crippen LogP contribution is -2.26. The van der Waals surface area contributed by atoms with Gasteiger partial charge in [0.25, 0.3) is 0 Å². The lowest BCUT2D eigenvalue weighted by atomic mass is 9.85. The van der Waals surface area contributed by atoms with Crippen molar-refractivity contribution >= 4 is 27.8 Å². The predicted octanol–water partition coefficient (Wildman–Crippen LogP) is 4.47. The molecule has 0 aliphatic carbocycles. The molecule has 0 saturated carbocycles. The maximum absolute atomic E-state index is 11.3. The first-order chi connectivity index (χ1) is 10.4. The summed E-state index contributed by atoms with van der Waals surface area (Å²) >= 11 is 0. The highest BCUT2D eigenvalue weighted by Crippen LogP contribution is 2.31. The summed E-state index contributed by atoms with van der Waals surface area (Å²) < 4.78 is 2.30. The minimum Gasteiger partial charge on any atom is -0.481 e. The molecule has 0 radical (unpaired) electrons. The topological polar surface area (TPSA) is 42.2 Å². The first kappa shape index (κ1) is 14.6. The molecule has 0 atom stereocenters. The Labute approximate surface area is 130 Å². The van der Waals surface area contributed by atoms with Gasteiger partial charge in [-0.3, -0.25) is 4.79 Å². The Kier molecular flexibility index (Phi) is 3.44. The molecular formula is C19H21NO2. The number of aryl methyl sites for hydroxylation is 1. The van der Waals surface area contributed by atoms with Gasteiger partial charge >= 0.3 is 5.97 Å². The molecule has 2 aromatic carbocycles. The lowest BCUT2D eigenvalue weighted by molar-refractivity contribution is -0.146. The van der Waals surface area contributed by atoms with Crippen molar-refractivity contribution in [2.24, 2.45) is 5.41 Å². The third-order valence-electron chi connectivity index (χ3n) is 4.38. The van der Waals surface area contributed by atoms with E-state index in [9.17, 15) is 9.90 Å². The van der Waals surface area contributed by atoms with E-state index in [1.54, 1.807) is 13.8 Å². The second-order valence-corrected chi connectivity index (χ2v) is 6.48. The molecule has 0 unspecified atom stereocenters. The van der Waals surface area contributed by atoms with Crippen LogP contribution in [0.25, 0.3) is 21.8 Å². The van der Waals surface area contributed by atoms with Gasteiger partial charge in [0.05, 0.1) is 5.41 Å². The molecule has 0 aliphatic rings. The van der Waals surface area contributed by atoms with E-state index in [-0.39, 0.29) is 0 Å². The van der Waals surface area contributed by atoms with Gasteiger partial charge < -0.3 is 9.67 Å². The van der Waals surface area contributed by atoms with Crippen LogP contribution < -0.4 is 0 Å². The number of hydrogen-bond donors (Lipinski definition) is 1. The van der Waals surface area contributed by atoms with Gasteiger partial charge in [0.15, 0.2) is 0 Å². The number of benzene rings is 2. The quantitative estimate of drug-likeness (QED) is 0.771. The Morgan fingerprint density at radius 1 is 1.09 bits per heavy atom. The van der Waals surface area contributed by atoms with Gasteiger partial charge in [-0.15, -0.1) is 0 Å². The lowest BCUT2D eigenvalue weighted by Gasteiger charge is -2.19. The number of aromatic nitrogens is 1. The van der Waals surface area contributed by atoms with Gasteiger partial charge in [-0.05, 0) is 51.0 Å². The molecule has 0 saturated heterocycles. The summed E-state index contributed by atoms with van der Waals surface area (Å²) in [5, 5.41) is 11.8. The SMILES string of the molecule is CCn1c2ccccc2c2cc(CC(C)(C)C(=O)O)ccc21. The molecule has 22 heavy (non-hydrogen) atoms. The largest absolute Gasteiger partial charge is 0.481 e. The fourth-order valence-corrected chi connectivity index (χ4v) is 3.14. The maximum Gasteiger partial charge on any atom is 0.309 e. The summed E-state index contributed by atoms with van der Waals surface area (Å²) in [6.45, 7) is 6.61. The van der Waals surface area contributed by atoms with E-state index in [0.717, 1.165) is 12.1 Å². The molecule has 0 fully saturated rings. The molecule has 114 valence electrons. The van der Waals surface area contributed by atoms with Crippen molar-refractivity contribution in [3.8, 4) is 0 Å². The van der Waals surface area contributed by atoms with E-state index >= 15 is 0 Å². The van der Waals surface area contributed by atoms with E-state index in [1.165, 1.54) is 21.8 Å². The number of fused-ring (bicyclic) bond motifs is 3. The second-order valence-electron chi connectivity index (χ2n) is 6.48. The molecule has 3 aromatic rings. The van der Waals surface area contributed by atoms with Gasteiger partial charge in [0.2, 0.25) is 0 Å². The van der Waals surface area contributed by atoms with Crippen molar-refractivity contribution in [1.29, 1.82) is 0 Å². The van der Waals surface area contributed by atoms with Crippen LogP contribution in [0.2, 0.25) is 0 Å². The Balaban J connectivity index is 2.18. The number of carboxylic acid groups (broad SMARTS) is 1. The van der Waals surface area contributed by atoms with E-state index in [0.29, 0.717) is 6.42 Å². The summed E-state index contributed by atoms with van der Waals surface area (Å²) in [7, 11) is 0. The normalized spacial score (nSPS) is 12.1. The van der Waals surface area contributed by atoms with Crippen LogP contribution in [0.4, 0.5) is 0 Å². The Morgan fingerprint density at radius 3 is 2.45 bits per heavy atom. The molecule has 0 aliphatic heterocycles. The van der Waals surface area contributed by atoms with Crippen LogP contribution in [-0.4, -0.2) is 15.6 Å². The highest BCUT2D eigenvalue weighted by Gasteiger charge is 2.27. The fourth-order valence-electron chi connectivity index (χ4n) is 3.14. The first-order valence-corrected chi connectivity index (χ1v) is 7.67. The minimum atomic E-state index is -0.761. The molecule has 1 N–H and O–H groups in total. The zero-order valence-electron chi connectivity index (χ0n) is 13.3. The molecule has 1 aromatic heterocycles. The summed E-state index contributed by atoms with van der Waals surface area (Å²) in [6.07, 6.45) is 0.532. The number of nitrogens with zero attached hydrogens (tertiary/aromatic N) is 1. The van der Waals surface area contributed by atoms with Crippen LogP contribution in [0.3, 0.4) is 0 Å². The standard InChI is InChI=1S/C19H21NO2/c1-4-20-16-8-6-5-7-14(16)15-11-13(9-10-17(15)20)12-19(2,3)18(21)22/h5-11H,4,12H2,1-3H3,(H,21,22). The Bertz CT molecular complexity index is 858. The van der Waals surface area contributed by atoms with Gasteiger partial charge in [-0.2, -0.15) is 0 Å². The zero-order valence-corrected chi connectivity index (χ0v) is 13.3. The van der Waals surface area contributed by atoms with Gasteiger partial charge in [-0.1, -0.05) is 24.3 Å². The highest BCUT2D eigenvalue weighted by molar-refractivity contribution is 6.08. The molecule has 3 nitrogen and oxygen atoms in total. The van der Waals surface area contributed by atoms with Gasteiger partial charge in [0.1, 0.15) is 0 Å². The highest BCUT2D eigenvalue weighted by atomic mass is 16.4. The van der Waals surface area contributed by atoms with Crippen LogP contribution in [-0.2, 0) is 17.8 Å². The van der Waals surface area contributed by atoms with E-state index in [2.05, 4.69) is 54.0 Å².